The van der Waals surface area contributed by atoms with E-state index in [9.17, 15) is 0 Å². The predicted molar refractivity (Wildman–Crippen MR) is 153 cm³/mol. The summed E-state index contributed by atoms with van der Waals surface area (Å²) in [7, 11) is 2.05. The summed E-state index contributed by atoms with van der Waals surface area (Å²) in [4.78, 5) is 15.9. The minimum atomic E-state index is 0.736. The predicted octanol–water partition coefficient (Wildman–Crippen LogP) is 7.33. The number of anilines is 3. The molecule has 180 valence electrons. The molecule has 0 saturated carbocycles. The Labute approximate surface area is 220 Å². The highest BCUT2D eigenvalue weighted by molar-refractivity contribution is 7.99. The van der Waals surface area contributed by atoms with Gasteiger partial charge in [0.25, 0.3) is 0 Å². The Morgan fingerprint density at radius 2 is 1.46 bits per heavy atom. The zero-order chi connectivity index (χ0) is 24.8. The Hall–Kier alpha value is -4.29. The third kappa shape index (κ3) is 3.90. The van der Waals surface area contributed by atoms with Gasteiger partial charge in [0.15, 0.2) is 11.6 Å². The number of hydrogen-bond donors (Lipinski definition) is 0. The van der Waals surface area contributed by atoms with Crippen LogP contribution in [0.2, 0.25) is 0 Å². The monoisotopic (exact) mass is 499 g/mol. The lowest BCUT2D eigenvalue weighted by Gasteiger charge is -2.19. The minimum Gasteiger partial charge on any atom is -0.338 e. The average Bonchev–Trinajstić information content (AvgIpc) is 3.44. The van der Waals surface area contributed by atoms with Gasteiger partial charge in [0.05, 0.1) is 6.67 Å². The topological polar surface area (TPSA) is 37.2 Å². The van der Waals surface area contributed by atoms with Gasteiger partial charge in [-0.25, -0.2) is 9.97 Å². The summed E-state index contributed by atoms with van der Waals surface area (Å²) in [6, 6.07) is 34.9. The van der Waals surface area contributed by atoms with Crippen molar-refractivity contribution in [3.8, 4) is 0 Å². The molecule has 3 heterocycles. The third-order valence-electron chi connectivity index (χ3n) is 6.92. The summed E-state index contributed by atoms with van der Waals surface area (Å²) < 4.78 is 2.43. The van der Waals surface area contributed by atoms with Crippen LogP contribution in [0, 0.1) is 0 Å². The number of hydrogen-bond acceptors (Lipinski definition) is 5. The first-order valence-corrected chi connectivity index (χ1v) is 13.2. The minimum absolute atomic E-state index is 0.736. The maximum Gasteiger partial charge on any atom is 0.178 e. The molecule has 0 spiro atoms. The number of benzene rings is 4. The highest BCUT2D eigenvalue weighted by Crippen LogP contribution is 2.39. The molecule has 0 N–H and O–H groups in total. The smallest absolute Gasteiger partial charge is 0.178 e. The maximum atomic E-state index is 4.59. The van der Waals surface area contributed by atoms with Crippen molar-refractivity contribution in [2.45, 2.75) is 16.3 Å². The molecule has 37 heavy (non-hydrogen) atoms. The van der Waals surface area contributed by atoms with Gasteiger partial charge >= 0.3 is 0 Å². The van der Waals surface area contributed by atoms with Gasteiger partial charge in [-0.05, 0) is 48.0 Å². The molecule has 0 bridgehead atoms. The van der Waals surface area contributed by atoms with Crippen molar-refractivity contribution in [2.24, 2.45) is 0 Å². The van der Waals surface area contributed by atoms with Crippen LogP contribution in [-0.4, -0.2) is 28.3 Å². The fourth-order valence-corrected chi connectivity index (χ4v) is 6.13. The third-order valence-corrected chi connectivity index (χ3v) is 7.90. The van der Waals surface area contributed by atoms with Crippen molar-refractivity contribution >= 4 is 50.9 Å². The van der Waals surface area contributed by atoms with Gasteiger partial charge in [-0.1, -0.05) is 66.4 Å². The Morgan fingerprint density at radius 1 is 0.703 bits per heavy atom. The van der Waals surface area contributed by atoms with Gasteiger partial charge in [-0.3, -0.25) is 0 Å². The molecule has 0 unspecified atom stereocenters. The summed E-state index contributed by atoms with van der Waals surface area (Å²) >= 11 is 1.79. The molecule has 0 aliphatic carbocycles. The molecule has 0 atom stereocenters. The zero-order valence-corrected chi connectivity index (χ0v) is 21.3. The first kappa shape index (κ1) is 21.9. The van der Waals surface area contributed by atoms with Crippen LogP contribution >= 0.6 is 11.8 Å². The number of para-hydroxylation sites is 1. The maximum absolute atomic E-state index is 4.59. The van der Waals surface area contributed by atoms with Gasteiger partial charge in [0.1, 0.15) is 0 Å². The van der Waals surface area contributed by atoms with Gasteiger partial charge in [-0.2, -0.15) is 0 Å². The summed E-state index contributed by atoms with van der Waals surface area (Å²) in [6.45, 7) is 1.59. The van der Waals surface area contributed by atoms with Gasteiger partial charge < -0.3 is 14.4 Å². The number of aromatic nitrogens is 3. The molecule has 1 aliphatic heterocycles. The Bertz CT molecular complexity index is 1740. The van der Waals surface area contributed by atoms with Crippen molar-refractivity contribution in [1.29, 1.82) is 0 Å². The number of nitrogens with zero attached hydrogens (tertiary/aromatic N) is 5. The molecule has 1 aliphatic rings. The Morgan fingerprint density at radius 3 is 2.35 bits per heavy atom. The highest BCUT2D eigenvalue weighted by Gasteiger charge is 2.27. The van der Waals surface area contributed by atoms with Crippen molar-refractivity contribution in [3.63, 3.8) is 0 Å². The molecule has 0 fully saturated rings. The average molecular weight is 500 g/mol. The van der Waals surface area contributed by atoms with E-state index >= 15 is 0 Å². The van der Waals surface area contributed by atoms with Crippen molar-refractivity contribution in [2.75, 3.05) is 23.5 Å². The first-order valence-electron chi connectivity index (χ1n) is 12.4. The van der Waals surface area contributed by atoms with Crippen molar-refractivity contribution in [3.05, 3.63) is 115 Å². The van der Waals surface area contributed by atoms with Crippen LogP contribution in [0.15, 0.2) is 119 Å². The fraction of sp³-hybridized carbons (Fsp3) is 0.0968. The largest absolute Gasteiger partial charge is 0.338 e. The molecule has 0 radical (unpaired) electrons. The van der Waals surface area contributed by atoms with E-state index in [4.69, 9.17) is 0 Å². The lowest BCUT2D eigenvalue weighted by molar-refractivity contribution is 0.869. The first-order chi connectivity index (χ1) is 18.2. The van der Waals surface area contributed by atoms with E-state index in [0.717, 1.165) is 30.5 Å². The van der Waals surface area contributed by atoms with Crippen molar-refractivity contribution < 1.29 is 0 Å². The highest BCUT2D eigenvalue weighted by atomic mass is 32.2. The van der Waals surface area contributed by atoms with Gasteiger partial charge in [0.2, 0.25) is 0 Å². The second-order valence-corrected chi connectivity index (χ2v) is 10.5. The van der Waals surface area contributed by atoms with Gasteiger partial charge in [-0.15, -0.1) is 0 Å². The summed E-state index contributed by atoms with van der Waals surface area (Å²) in [5.74, 6) is 1.82. The van der Waals surface area contributed by atoms with Crippen LogP contribution in [0.1, 0.15) is 5.56 Å². The summed E-state index contributed by atoms with van der Waals surface area (Å²) in [5.41, 5.74) is 4.96. The van der Waals surface area contributed by atoms with Crippen molar-refractivity contribution in [1.82, 2.24) is 14.5 Å². The number of fused-ring (bicyclic) bond motifs is 4. The van der Waals surface area contributed by atoms with Crippen LogP contribution in [-0.2, 0) is 6.54 Å². The molecule has 0 amide bonds. The summed E-state index contributed by atoms with van der Waals surface area (Å²) in [6.07, 6.45) is 3.51. The quantitative estimate of drug-likeness (QED) is 0.248. The zero-order valence-electron chi connectivity index (χ0n) is 20.5. The molecular weight excluding hydrogens is 474 g/mol. The molecule has 7 rings (SSSR count). The standard InChI is InChI=1S/C31H25N5S/c1-34-21-36(31-30(34)32-16-17-33-31)23-10-7-11-24(18-23)37-25-14-15-29-27(19-25)26-12-5-6-13-28(26)35(29)20-22-8-3-2-4-9-22/h2-19H,20-21H2,1H3. The van der Waals surface area contributed by atoms with E-state index in [1.54, 1.807) is 24.2 Å². The molecule has 6 aromatic rings. The van der Waals surface area contributed by atoms with Crippen LogP contribution in [0.4, 0.5) is 17.3 Å². The lowest BCUT2D eigenvalue weighted by atomic mass is 10.1. The molecule has 2 aromatic heterocycles. The molecule has 4 aromatic carbocycles. The molecule has 0 saturated heterocycles. The normalized spacial score (nSPS) is 13.0. The second-order valence-electron chi connectivity index (χ2n) is 9.34. The molecular formula is C31H25N5S. The number of rotatable bonds is 5. The lowest BCUT2D eigenvalue weighted by Crippen LogP contribution is -2.24. The van der Waals surface area contributed by atoms with E-state index in [0.29, 0.717) is 0 Å². The Kier molecular flexibility index (Phi) is 5.33. The second kappa shape index (κ2) is 8.98. The van der Waals surface area contributed by atoms with E-state index in [2.05, 4.69) is 128 Å². The SMILES string of the molecule is CN1CN(c2cccc(Sc3ccc4c(c3)c3ccccc3n4Cc3ccccc3)c2)c2nccnc21. The van der Waals surface area contributed by atoms with E-state index in [1.807, 2.05) is 0 Å². The Balaban J connectivity index is 1.24. The van der Waals surface area contributed by atoms with Crippen LogP contribution < -0.4 is 9.80 Å². The fourth-order valence-electron chi connectivity index (χ4n) is 5.22. The van der Waals surface area contributed by atoms with Crippen LogP contribution in [0.25, 0.3) is 21.8 Å². The van der Waals surface area contributed by atoms with E-state index in [1.165, 1.54) is 37.2 Å². The van der Waals surface area contributed by atoms with Gasteiger partial charge in [0, 0.05) is 63.3 Å². The van der Waals surface area contributed by atoms with E-state index < -0.39 is 0 Å². The molecule has 5 nitrogen and oxygen atoms in total. The summed E-state index contributed by atoms with van der Waals surface area (Å²) in [5, 5.41) is 2.58. The van der Waals surface area contributed by atoms with E-state index in [-0.39, 0.29) is 0 Å². The molecule has 6 heteroatoms. The van der Waals surface area contributed by atoms with Crippen LogP contribution in [0.3, 0.4) is 0 Å². The van der Waals surface area contributed by atoms with Crippen LogP contribution in [0.5, 0.6) is 0 Å².